The van der Waals surface area contributed by atoms with Crippen molar-refractivity contribution in [1.29, 1.82) is 0 Å². The van der Waals surface area contributed by atoms with E-state index in [4.69, 9.17) is 37.1 Å². The molecule has 0 N–H and O–H groups in total. The highest BCUT2D eigenvalue weighted by atomic mass is 35.5. The molecule has 0 bridgehead atoms. The molecule has 0 saturated carbocycles. The Morgan fingerprint density at radius 3 is 2.54 bits per heavy atom. The second kappa shape index (κ2) is 7.58. The van der Waals surface area contributed by atoms with Gasteiger partial charge in [0, 0.05) is 16.1 Å². The Balaban J connectivity index is 1.62. The number of rotatable bonds is 4. The molecular weight excluding hydrogens is 399 g/mol. The highest BCUT2D eigenvalue weighted by Gasteiger charge is 2.22. The zero-order valence-electron chi connectivity index (χ0n) is 14.7. The summed E-state index contributed by atoms with van der Waals surface area (Å²) in [7, 11) is 1.60. The maximum atomic E-state index is 12.2. The second-order valence-electron chi connectivity index (χ2n) is 6.05. The largest absolute Gasteiger partial charge is 0.497 e. The van der Waals surface area contributed by atoms with E-state index in [2.05, 4.69) is 0 Å². The van der Waals surface area contributed by atoms with Crippen molar-refractivity contribution in [2.75, 3.05) is 7.11 Å². The first-order chi connectivity index (χ1) is 13.5. The van der Waals surface area contributed by atoms with Crippen LogP contribution in [0.25, 0.3) is 23.2 Å². The van der Waals surface area contributed by atoms with Gasteiger partial charge in [-0.1, -0.05) is 23.2 Å². The summed E-state index contributed by atoms with van der Waals surface area (Å²) >= 11 is 12.2. The summed E-state index contributed by atoms with van der Waals surface area (Å²) in [6, 6.07) is 15.9. The molecule has 1 aromatic heterocycles. The van der Waals surface area contributed by atoms with Gasteiger partial charge in [0.1, 0.15) is 23.0 Å². The van der Waals surface area contributed by atoms with Crippen molar-refractivity contribution >= 4 is 41.0 Å². The molecule has 0 radical (unpaired) electrons. The van der Waals surface area contributed by atoms with E-state index in [1.807, 2.05) is 12.1 Å². The average Bonchev–Trinajstić information content (AvgIpc) is 3.31. The molecular formula is C22H14Cl2O4. The molecule has 28 heavy (non-hydrogen) atoms. The second-order valence-corrected chi connectivity index (χ2v) is 6.90. The predicted molar refractivity (Wildman–Crippen MR) is 109 cm³/mol. The van der Waals surface area contributed by atoms with Crippen molar-refractivity contribution in [3.05, 3.63) is 87.6 Å². The standard InChI is InChI=1S/C22H14Cl2O4/c1-26-16-5-2-13(3-6-16)21-11-14(22(25)28-21)10-17-7-9-20(27-17)18-12-15(23)4-8-19(18)24/h2-12H,1H3/b14-10+. The van der Waals surface area contributed by atoms with Gasteiger partial charge in [0.05, 0.1) is 17.7 Å². The van der Waals surface area contributed by atoms with Crippen LogP contribution in [0, 0.1) is 0 Å². The summed E-state index contributed by atoms with van der Waals surface area (Å²) in [4.78, 5) is 12.2. The van der Waals surface area contributed by atoms with Crippen LogP contribution in [-0.4, -0.2) is 13.1 Å². The fraction of sp³-hybridized carbons (Fsp3) is 0.0455. The predicted octanol–water partition coefficient (Wildman–Crippen LogP) is 6.24. The molecule has 0 aliphatic carbocycles. The van der Waals surface area contributed by atoms with Crippen molar-refractivity contribution in [3.8, 4) is 17.1 Å². The number of carbonyl (C=O) groups excluding carboxylic acids is 1. The van der Waals surface area contributed by atoms with Crippen LogP contribution in [0.5, 0.6) is 5.75 Å². The number of methoxy groups -OCH3 is 1. The van der Waals surface area contributed by atoms with Crippen LogP contribution < -0.4 is 4.74 Å². The number of carbonyl (C=O) groups is 1. The van der Waals surface area contributed by atoms with Gasteiger partial charge in [-0.3, -0.25) is 0 Å². The molecule has 0 unspecified atom stereocenters. The molecule has 0 atom stereocenters. The average molecular weight is 413 g/mol. The number of esters is 1. The van der Waals surface area contributed by atoms with Gasteiger partial charge in [-0.2, -0.15) is 0 Å². The minimum absolute atomic E-state index is 0.393. The highest BCUT2D eigenvalue weighted by Crippen LogP contribution is 2.33. The van der Waals surface area contributed by atoms with Crippen LogP contribution in [0.4, 0.5) is 0 Å². The normalized spacial score (nSPS) is 14.9. The fourth-order valence-electron chi connectivity index (χ4n) is 2.80. The molecule has 1 aliphatic heterocycles. The SMILES string of the molecule is COc1ccc(C2=C/C(=C\c3ccc(-c4cc(Cl)ccc4Cl)o3)C(=O)O2)cc1. The van der Waals surface area contributed by atoms with Crippen molar-refractivity contribution in [1.82, 2.24) is 0 Å². The maximum Gasteiger partial charge on any atom is 0.343 e. The summed E-state index contributed by atoms with van der Waals surface area (Å²) in [5, 5.41) is 1.09. The van der Waals surface area contributed by atoms with E-state index in [0.29, 0.717) is 38.5 Å². The minimum atomic E-state index is -0.440. The first-order valence-corrected chi connectivity index (χ1v) is 9.14. The smallest absolute Gasteiger partial charge is 0.343 e. The van der Waals surface area contributed by atoms with Gasteiger partial charge in [-0.15, -0.1) is 0 Å². The summed E-state index contributed by atoms with van der Waals surface area (Å²) in [5.74, 6) is 1.83. The molecule has 4 rings (SSSR count). The van der Waals surface area contributed by atoms with E-state index in [1.165, 1.54) is 0 Å². The monoisotopic (exact) mass is 412 g/mol. The van der Waals surface area contributed by atoms with E-state index in [9.17, 15) is 4.79 Å². The van der Waals surface area contributed by atoms with Gasteiger partial charge >= 0.3 is 5.97 Å². The molecule has 3 aromatic rings. The van der Waals surface area contributed by atoms with Gasteiger partial charge in [-0.25, -0.2) is 4.79 Å². The van der Waals surface area contributed by atoms with E-state index < -0.39 is 5.97 Å². The van der Waals surface area contributed by atoms with Gasteiger partial charge in [0.2, 0.25) is 0 Å². The van der Waals surface area contributed by atoms with Crippen LogP contribution in [0.1, 0.15) is 11.3 Å². The summed E-state index contributed by atoms with van der Waals surface area (Å²) in [6.07, 6.45) is 3.31. The van der Waals surface area contributed by atoms with Gasteiger partial charge in [-0.05, 0) is 66.7 Å². The fourth-order valence-corrected chi connectivity index (χ4v) is 3.18. The molecule has 1 aliphatic rings. The number of halogens is 2. The Bertz CT molecular complexity index is 1110. The topological polar surface area (TPSA) is 48.7 Å². The molecule has 2 heterocycles. The van der Waals surface area contributed by atoms with Gasteiger partial charge < -0.3 is 13.9 Å². The number of benzene rings is 2. The lowest BCUT2D eigenvalue weighted by Crippen LogP contribution is -1.97. The minimum Gasteiger partial charge on any atom is -0.497 e. The number of cyclic esters (lactones) is 1. The summed E-state index contributed by atoms with van der Waals surface area (Å²) in [5.41, 5.74) is 1.86. The van der Waals surface area contributed by atoms with Crippen LogP contribution in [0.3, 0.4) is 0 Å². The molecule has 0 fully saturated rings. The first kappa shape index (κ1) is 18.4. The van der Waals surface area contributed by atoms with E-state index in [1.54, 1.807) is 61.7 Å². The van der Waals surface area contributed by atoms with E-state index in [-0.39, 0.29) is 0 Å². The van der Waals surface area contributed by atoms with Gasteiger partial charge in [0.25, 0.3) is 0 Å². The maximum absolute atomic E-state index is 12.2. The van der Waals surface area contributed by atoms with Gasteiger partial charge in [0.15, 0.2) is 0 Å². The zero-order chi connectivity index (χ0) is 19.7. The Morgan fingerprint density at radius 1 is 1.00 bits per heavy atom. The highest BCUT2D eigenvalue weighted by molar-refractivity contribution is 6.35. The first-order valence-electron chi connectivity index (χ1n) is 8.39. The van der Waals surface area contributed by atoms with Crippen LogP contribution >= 0.6 is 23.2 Å². The lowest BCUT2D eigenvalue weighted by atomic mass is 10.1. The third kappa shape index (κ3) is 3.70. The molecule has 0 spiro atoms. The molecule has 4 nitrogen and oxygen atoms in total. The Morgan fingerprint density at radius 2 is 1.79 bits per heavy atom. The molecule has 0 saturated heterocycles. The van der Waals surface area contributed by atoms with E-state index >= 15 is 0 Å². The number of furan rings is 1. The lowest BCUT2D eigenvalue weighted by Gasteiger charge is -2.03. The Kier molecular flexibility index (Phi) is 4.99. The number of hydrogen-bond donors (Lipinski definition) is 0. The zero-order valence-corrected chi connectivity index (χ0v) is 16.3. The Labute approximate surface area is 171 Å². The van der Waals surface area contributed by atoms with Crippen LogP contribution in [0.15, 0.2) is 70.7 Å². The lowest BCUT2D eigenvalue weighted by molar-refractivity contribution is -0.130. The molecule has 2 aromatic carbocycles. The molecule has 6 heteroatoms. The summed E-state index contributed by atoms with van der Waals surface area (Å²) < 4.78 is 16.3. The molecule has 140 valence electrons. The Hall–Kier alpha value is -2.95. The van der Waals surface area contributed by atoms with Crippen molar-refractivity contribution in [2.24, 2.45) is 0 Å². The van der Waals surface area contributed by atoms with Crippen molar-refractivity contribution in [2.45, 2.75) is 0 Å². The number of ether oxygens (including phenoxy) is 2. The molecule has 0 amide bonds. The summed E-state index contributed by atoms with van der Waals surface area (Å²) in [6.45, 7) is 0. The number of hydrogen-bond acceptors (Lipinski definition) is 4. The van der Waals surface area contributed by atoms with E-state index in [0.717, 1.165) is 11.3 Å². The quantitative estimate of drug-likeness (QED) is 0.375. The third-order valence-electron chi connectivity index (χ3n) is 4.22. The third-order valence-corrected chi connectivity index (χ3v) is 4.78. The van der Waals surface area contributed by atoms with Crippen LogP contribution in [0.2, 0.25) is 10.0 Å². The van der Waals surface area contributed by atoms with Crippen molar-refractivity contribution in [3.63, 3.8) is 0 Å². The van der Waals surface area contributed by atoms with Crippen LogP contribution in [-0.2, 0) is 9.53 Å². The van der Waals surface area contributed by atoms with Crippen molar-refractivity contribution < 1.29 is 18.7 Å².